The van der Waals surface area contributed by atoms with Crippen LogP contribution in [0.4, 0.5) is 10.5 Å². The molecule has 0 saturated heterocycles. The highest BCUT2D eigenvalue weighted by Crippen LogP contribution is 2.23. The second-order valence-electron chi connectivity index (χ2n) is 4.16. The summed E-state index contributed by atoms with van der Waals surface area (Å²) in [6, 6.07) is 4.69. The molecule has 0 aromatic heterocycles. The second-order valence-corrected chi connectivity index (χ2v) is 5.02. The molecule has 1 rings (SSSR count). The van der Waals surface area contributed by atoms with Crippen molar-refractivity contribution in [3.05, 3.63) is 28.2 Å². The Labute approximate surface area is 124 Å². The van der Waals surface area contributed by atoms with E-state index in [1.807, 2.05) is 13.0 Å². The van der Waals surface area contributed by atoms with E-state index < -0.39 is 17.9 Å². The third kappa shape index (κ3) is 5.40. The Bertz CT molecular complexity index is 531. The summed E-state index contributed by atoms with van der Waals surface area (Å²) < 4.78 is 0.850. The molecule has 1 aromatic rings. The zero-order valence-electron chi connectivity index (χ0n) is 10.9. The Hall–Kier alpha value is -1.89. The van der Waals surface area contributed by atoms with E-state index in [0.717, 1.165) is 10.0 Å². The predicted molar refractivity (Wildman–Crippen MR) is 77.5 cm³/mol. The highest BCUT2D eigenvalue weighted by Gasteiger charge is 2.10. The first-order valence-electron chi connectivity index (χ1n) is 5.98. The van der Waals surface area contributed by atoms with Crippen LogP contribution >= 0.6 is 15.9 Å². The highest BCUT2D eigenvalue weighted by molar-refractivity contribution is 9.10. The highest BCUT2D eigenvalue weighted by atomic mass is 79.9. The topological polar surface area (TPSA) is 95.5 Å². The van der Waals surface area contributed by atoms with Gasteiger partial charge in [-0.25, -0.2) is 4.79 Å². The van der Waals surface area contributed by atoms with Crippen molar-refractivity contribution in [2.45, 2.75) is 26.2 Å². The number of hydrogen-bond donors (Lipinski definition) is 3. The van der Waals surface area contributed by atoms with Gasteiger partial charge >= 0.3 is 12.0 Å². The van der Waals surface area contributed by atoms with Gasteiger partial charge in [0.25, 0.3) is 0 Å². The summed E-state index contributed by atoms with van der Waals surface area (Å²) in [6.07, 6.45) is 0.0985. The van der Waals surface area contributed by atoms with Crippen LogP contribution in [0.2, 0.25) is 0 Å². The number of anilines is 1. The maximum absolute atomic E-state index is 11.6. The molecule has 0 radical (unpaired) electrons. The van der Waals surface area contributed by atoms with Crippen molar-refractivity contribution in [1.82, 2.24) is 5.32 Å². The van der Waals surface area contributed by atoms with E-state index in [-0.39, 0.29) is 19.3 Å². The summed E-state index contributed by atoms with van der Waals surface area (Å²) in [6.45, 7) is 1.83. The third-order valence-corrected chi connectivity index (χ3v) is 3.42. The number of carbonyl (C=O) groups is 3. The van der Waals surface area contributed by atoms with Gasteiger partial charge in [0.2, 0.25) is 5.91 Å². The Morgan fingerprint density at radius 3 is 2.60 bits per heavy atom. The first-order chi connectivity index (χ1) is 9.40. The van der Waals surface area contributed by atoms with Crippen LogP contribution in [0.15, 0.2) is 22.7 Å². The molecule has 7 heteroatoms. The Kier molecular flexibility index (Phi) is 6.17. The molecule has 0 spiro atoms. The summed E-state index contributed by atoms with van der Waals surface area (Å²) in [5.41, 5.74) is 1.44. The maximum Gasteiger partial charge on any atom is 0.325 e. The Balaban J connectivity index is 2.45. The van der Waals surface area contributed by atoms with E-state index in [9.17, 15) is 14.4 Å². The summed E-state index contributed by atoms with van der Waals surface area (Å²) in [5.74, 6) is -1.47. The van der Waals surface area contributed by atoms with Gasteiger partial charge in [-0.2, -0.15) is 0 Å². The molecular formula is C13H15BrN2O4. The van der Waals surface area contributed by atoms with Crippen molar-refractivity contribution in [2.75, 3.05) is 5.32 Å². The number of carbonyl (C=O) groups excluding carboxylic acids is 2. The van der Waals surface area contributed by atoms with Crippen molar-refractivity contribution in [1.29, 1.82) is 0 Å². The molecule has 0 bridgehead atoms. The zero-order valence-corrected chi connectivity index (χ0v) is 12.5. The van der Waals surface area contributed by atoms with Crippen LogP contribution < -0.4 is 10.6 Å². The standard InChI is InChI=1S/C13H15BrN2O4/c1-8-9(14)4-2-5-10(8)15-13(20)16-11(17)6-3-7-12(18)19/h2,4-5H,3,6-7H2,1H3,(H,18,19)(H2,15,16,17,20). The number of halogens is 1. The van der Waals surface area contributed by atoms with Crippen LogP contribution in [0, 0.1) is 6.92 Å². The lowest BCUT2D eigenvalue weighted by atomic mass is 10.2. The van der Waals surface area contributed by atoms with Crippen molar-refractivity contribution in [2.24, 2.45) is 0 Å². The van der Waals surface area contributed by atoms with Gasteiger partial charge in [-0.1, -0.05) is 22.0 Å². The Morgan fingerprint density at radius 1 is 1.25 bits per heavy atom. The number of benzene rings is 1. The lowest BCUT2D eigenvalue weighted by molar-refractivity contribution is -0.137. The van der Waals surface area contributed by atoms with Crippen molar-refractivity contribution < 1.29 is 19.5 Å². The van der Waals surface area contributed by atoms with E-state index >= 15 is 0 Å². The predicted octanol–water partition coefficient (Wildman–Crippen LogP) is 2.66. The number of nitrogens with one attached hydrogen (secondary N) is 2. The average molecular weight is 343 g/mol. The maximum atomic E-state index is 11.6. The molecular weight excluding hydrogens is 328 g/mol. The van der Waals surface area contributed by atoms with Crippen LogP contribution in [0.25, 0.3) is 0 Å². The summed E-state index contributed by atoms with van der Waals surface area (Å²) >= 11 is 3.34. The smallest absolute Gasteiger partial charge is 0.325 e. The van der Waals surface area contributed by atoms with E-state index in [4.69, 9.17) is 5.11 Å². The molecule has 0 aliphatic rings. The minimum Gasteiger partial charge on any atom is -0.481 e. The van der Waals surface area contributed by atoms with Gasteiger partial charge < -0.3 is 10.4 Å². The molecule has 20 heavy (non-hydrogen) atoms. The monoisotopic (exact) mass is 342 g/mol. The normalized spacial score (nSPS) is 9.90. The molecule has 0 aliphatic carbocycles. The number of amides is 3. The molecule has 1 aromatic carbocycles. The molecule has 0 fully saturated rings. The SMILES string of the molecule is Cc1c(Br)cccc1NC(=O)NC(=O)CCCC(=O)O. The molecule has 0 unspecified atom stereocenters. The molecule has 6 nitrogen and oxygen atoms in total. The van der Waals surface area contributed by atoms with E-state index in [2.05, 4.69) is 26.6 Å². The van der Waals surface area contributed by atoms with Crippen LogP contribution in [-0.2, 0) is 9.59 Å². The van der Waals surface area contributed by atoms with E-state index in [0.29, 0.717) is 5.69 Å². The number of carboxylic acids is 1. The zero-order chi connectivity index (χ0) is 15.1. The number of imide groups is 1. The van der Waals surface area contributed by atoms with Gasteiger partial charge in [0.1, 0.15) is 0 Å². The first kappa shape index (κ1) is 16.2. The van der Waals surface area contributed by atoms with Crippen molar-refractivity contribution >= 4 is 39.5 Å². The Morgan fingerprint density at radius 2 is 1.95 bits per heavy atom. The number of rotatable bonds is 5. The van der Waals surface area contributed by atoms with E-state index in [1.54, 1.807) is 12.1 Å². The molecule has 0 heterocycles. The van der Waals surface area contributed by atoms with Gasteiger partial charge in [0, 0.05) is 23.0 Å². The lowest BCUT2D eigenvalue weighted by Crippen LogP contribution is -2.34. The fourth-order valence-electron chi connectivity index (χ4n) is 1.49. The summed E-state index contributed by atoms with van der Waals surface area (Å²) in [7, 11) is 0. The number of carboxylic acid groups (broad SMARTS) is 1. The lowest BCUT2D eigenvalue weighted by Gasteiger charge is -2.10. The molecule has 0 saturated carbocycles. The minimum atomic E-state index is -0.966. The van der Waals surface area contributed by atoms with E-state index in [1.165, 1.54) is 0 Å². The second kappa shape index (κ2) is 7.64. The van der Waals surface area contributed by atoms with Gasteiger partial charge in [0.05, 0.1) is 0 Å². The summed E-state index contributed by atoms with van der Waals surface area (Å²) in [5, 5.41) is 13.2. The third-order valence-electron chi connectivity index (χ3n) is 2.56. The number of urea groups is 1. The molecule has 3 amide bonds. The van der Waals surface area contributed by atoms with Crippen molar-refractivity contribution in [3.8, 4) is 0 Å². The molecule has 3 N–H and O–H groups in total. The fourth-order valence-corrected chi connectivity index (χ4v) is 1.85. The number of hydrogen-bond acceptors (Lipinski definition) is 3. The first-order valence-corrected chi connectivity index (χ1v) is 6.77. The fraction of sp³-hybridized carbons (Fsp3) is 0.308. The molecule has 108 valence electrons. The van der Waals surface area contributed by atoms with Gasteiger partial charge in [-0.05, 0) is 31.0 Å². The van der Waals surface area contributed by atoms with Crippen LogP contribution in [0.3, 0.4) is 0 Å². The molecule has 0 aliphatic heterocycles. The van der Waals surface area contributed by atoms with Crippen molar-refractivity contribution in [3.63, 3.8) is 0 Å². The van der Waals surface area contributed by atoms with Gasteiger partial charge in [-0.15, -0.1) is 0 Å². The van der Waals surface area contributed by atoms with Gasteiger partial charge in [0.15, 0.2) is 0 Å². The summed E-state index contributed by atoms with van der Waals surface area (Å²) in [4.78, 5) is 33.3. The minimum absolute atomic E-state index is 0.00279. The number of aliphatic carboxylic acids is 1. The van der Waals surface area contributed by atoms with Gasteiger partial charge in [-0.3, -0.25) is 14.9 Å². The average Bonchev–Trinajstić information content (AvgIpc) is 2.34. The molecule has 0 atom stereocenters. The van der Waals surface area contributed by atoms with Crippen LogP contribution in [0.1, 0.15) is 24.8 Å². The quantitative estimate of drug-likeness (QED) is 0.766. The van der Waals surface area contributed by atoms with Crippen LogP contribution in [-0.4, -0.2) is 23.0 Å². The largest absolute Gasteiger partial charge is 0.481 e. The van der Waals surface area contributed by atoms with Crippen LogP contribution in [0.5, 0.6) is 0 Å².